The summed E-state index contributed by atoms with van der Waals surface area (Å²) in [5, 5.41) is 23.1. The average Bonchev–Trinajstić information content (AvgIpc) is 2.77. The third-order valence-corrected chi connectivity index (χ3v) is 5.96. The van der Waals surface area contributed by atoms with Crippen molar-refractivity contribution >= 4 is 5.97 Å². The SMILES string of the molecule is Cc1ccc([C@H](O)CN[C@H]2CCc3ccc(-c4ccc(C(=O)O)cc4)cc3C2)cc1. The molecule has 0 bridgehead atoms. The minimum Gasteiger partial charge on any atom is -0.478 e. The summed E-state index contributed by atoms with van der Waals surface area (Å²) in [6.45, 7) is 2.59. The van der Waals surface area contributed by atoms with Gasteiger partial charge in [0, 0.05) is 12.6 Å². The molecule has 3 aromatic carbocycles. The van der Waals surface area contributed by atoms with E-state index >= 15 is 0 Å². The second-order valence-electron chi connectivity index (χ2n) is 8.14. The van der Waals surface area contributed by atoms with Crippen LogP contribution in [0.4, 0.5) is 0 Å². The molecule has 154 valence electrons. The van der Waals surface area contributed by atoms with E-state index in [0.29, 0.717) is 18.2 Å². The number of aromatic carboxylic acids is 1. The molecule has 0 saturated carbocycles. The quantitative estimate of drug-likeness (QED) is 0.567. The third kappa shape index (κ3) is 4.61. The van der Waals surface area contributed by atoms with Crippen LogP contribution in [0.2, 0.25) is 0 Å². The molecule has 0 saturated heterocycles. The Morgan fingerprint density at radius 3 is 2.40 bits per heavy atom. The zero-order valence-corrected chi connectivity index (χ0v) is 17.1. The molecule has 0 radical (unpaired) electrons. The monoisotopic (exact) mass is 401 g/mol. The number of benzene rings is 3. The maximum atomic E-state index is 11.1. The number of rotatable bonds is 6. The molecule has 0 aromatic heterocycles. The summed E-state index contributed by atoms with van der Waals surface area (Å²) in [4.78, 5) is 11.1. The molecule has 0 amide bonds. The van der Waals surface area contributed by atoms with Gasteiger partial charge < -0.3 is 15.5 Å². The zero-order chi connectivity index (χ0) is 21.1. The van der Waals surface area contributed by atoms with E-state index in [9.17, 15) is 9.90 Å². The van der Waals surface area contributed by atoms with Gasteiger partial charge in [-0.15, -0.1) is 0 Å². The summed E-state index contributed by atoms with van der Waals surface area (Å²) in [7, 11) is 0. The molecule has 3 N–H and O–H groups in total. The molecular formula is C26H27NO3. The van der Waals surface area contributed by atoms with Crippen molar-refractivity contribution in [1.29, 1.82) is 0 Å². The van der Waals surface area contributed by atoms with Crippen molar-refractivity contribution in [2.75, 3.05) is 6.54 Å². The summed E-state index contributed by atoms with van der Waals surface area (Å²) in [5.74, 6) is -0.909. The van der Waals surface area contributed by atoms with Crippen LogP contribution in [0.3, 0.4) is 0 Å². The van der Waals surface area contributed by atoms with Crippen LogP contribution in [0.25, 0.3) is 11.1 Å². The summed E-state index contributed by atoms with van der Waals surface area (Å²) >= 11 is 0. The number of hydrogen-bond donors (Lipinski definition) is 3. The van der Waals surface area contributed by atoms with Gasteiger partial charge in [0.05, 0.1) is 11.7 Å². The molecule has 4 heteroatoms. The first kappa shape index (κ1) is 20.3. The predicted molar refractivity (Wildman–Crippen MR) is 119 cm³/mol. The van der Waals surface area contributed by atoms with Crippen molar-refractivity contribution in [2.45, 2.75) is 38.3 Å². The Morgan fingerprint density at radius 2 is 1.70 bits per heavy atom. The largest absolute Gasteiger partial charge is 0.478 e. The number of carbonyl (C=O) groups is 1. The van der Waals surface area contributed by atoms with Crippen molar-refractivity contribution in [3.05, 3.63) is 94.5 Å². The Balaban J connectivity index is 1.42. The lowest BCUT2D eigenvalue weighted by molar-refractivity contribution is 0.0697. The van der Waals surface area contributed by atoms with Gasteiger partial charge in [0.2, 0.25) is 0 Å². The van der Waals surface area contributed by atoms with Crippen LogP contribution in [-0.4, -0.2) is 28.8 Å². The number of nitrogens with one attached hydrogen (secondary N) is 1. The third-order valence-electron chi connectivity index (χ3n) is 5.96. The van der Waals surface area contributed by atoms with E-state index < -0.39 is 12.1 Å². The standard InChI is InChI=1S/C26H27NO3/c1-17-2-4-20(5-3-17)25(28)16-27-24-13-12-19-8-11-22(14-23(19)15-24)18-6-9-21(10-7-18)26(29)30/h2-11,14,24-25,27-28H,12-13,15-16H2,1H3,(H,29,30)/t24-,25+/m0/s1. The fraction of sp³-hybridized carbons (Fsp3) is 0.269. The maximum Gasteiger partial charge on any atom is 0.335 e. The van der Waals surface area contributed by atoms with Crippen LogP contribution in [0.1, 0.15) is 45.1 Å². The number of carboxylic acids is 1. The highest BCUT2D eigenvalue weighted by atomic mass is 16.4. The smallest absolute Gasteiger partial charge is 0.335 e. The van der Waals surface area contributed by atoms with E-state index in [1.54, 1.807) is 12.1 Å². The molecule has 0 spiro atoms. The fourth-order valence-electron chi connectivity index (χ4n) is 4.10. The second kappa shape index (κ2) is 8.82. The highest BCUT2D eigenvalue weighted by molar-refractivity contribution is 5.88. The van der Waals surface area contributed by atoms with E-state index in [1.165, 1.54) is 16.7 Å². The first-order valence-corrected chi connectivity index (χ1v) is 10.4. The zero-order valence-electron chi connectivity index (χ0n) is 17.1. The predicted octanol–water partition coefficient (Wildman–Crippen LogP) is 4.54. The number of carboxylic acid groups (broad SMARTS) is 1. The summed E-state index contributed by atoms with van der Waals surface area (Å²) < 4.78 is 0. The van der Waals surface area contributed by atoms with E-state index in [-0.39, 0.29) is 0 Å². The van der Waals surface area contributed by atoms with Crippen molar-refractivity contribution < 1.29 is 15.0 Å². The lowest BCUT2D eigenvalue weighted by atomic mass is 9.86. The summed E-state index contributed by atoms with van der Waals surface area (Å²) in [5.41, 5.74) is 7.25. The number of aliphatic hydroxyl groups is 1. The molecular weight excluding hydrogens is 374 g/mol. The fourth-order valence-corrected chi connectivity index (χ4v) is 4.10. The molecule has 30 heavy (non-hydrogen) atoms. The van der Waals surface area contributed by atoms with Gasteiger partial charge in [-0.05, 0) is 66.1 Å². The first-order valence-electron chi connectivity index (χ1n) is 10.4. The molecule has 3 aromatic rings. The van der Waals surface area contributed by atoms with Crippen LogP contribution in [0, 0.1) is 6.92 Å². The summed E-state index contributed by atoms with van der Waals surface area (Å²) in [6.07, 6.45) is 2.49. The highest BCUT2D eigenvalue weighted by Crippen LogP contribution is 2.28. The normalized spacial score (nSPS) is 16.7. The Kier molecular flexibility index (Phi) is 5.98. The summed E-state index contributed by atoms with van der Waals surface area (Å²) in [6, 6.07) is 21.9. The number of fused-ring (bicyclic) bond motifs is 1. The maximum absolute atomic E-state index is 11.1. The first-order chi connectivity index (χ1) is 14.5. The van der Waals surface area contributed by atoms with Crippen LogP contribution in [-0.2, 0) is 12.8 Å². The minimum absolute atomic E-state index is 0.299. The Labute approximate surface area is 177 Å². The van der Waals surface area contributed by atoms with Crippen molar-refractivity contribution in [3.8, 4) is 11.1 Å². The van der Waals surface area contributed by atoms with Crippen LogP contribution < -0.4 is 5.32 Å². The lowest BCUT2D eigenvalue weighted by Gasteiger charge is -2.27. The van der Waals surface area contributed by atoms with Gasteiger partial charge in [-0.1, -0.05) is 60.2 Å². The number of aryl methyl sites for hydroxylation is 2. The molecule has 1 aliphatic rings. The Hall–Kier alpha value is -2.95. The van der Waals surface area contributed by atoms with Gasteiger partial charge in [-0.2, -0.15) is 0 Å². The van der Waals surface area contributed by atoms with Crippen LogP contribution >= 0.6 is 0 Å². The number of hydrogen-bond acceptors (Lipinski definition) is 3. The minimum atomic E-state index is -0.909. The van der Waals surface area contributed by atoms with Crippen molar-refractivity contribution in [2.24, 2.45) is 0 Å². The lowest BCUT2D eigenvalue weighted by Crippen LogP contribution is -2.37. The molecule has 0 fully saturated rings. The van der Waals surface area contributed by atoms with Crippen LogP contribution in [0.15, 0.2) is 66.7 Å². The van der Waals surface area contributed by atoms with Gasteiger partial charge in [-0.3, -0.25) is 0 Å². The molecule has 0 heterocycles. The van der Waals surface area contributed by atoms with Crippen molar-refractivity contribution in [3.63, 3.8) is 0 Å². The van der Waals surface area contributed by atoms with E-state index in [1.807, 2.05) is 43.3 Å². The van der Waals surface area contributed by atoms with Gasteiger partial charge in [0.1, 0.15) is 0 Å². The van der Waals surface area contributed by atoms with Gasteiger partial charge >= 0.3 is 5.97 Å². The van der Waals surface area contributed by atoms with Gasteiger partial charge in [-0.25, -0.2) is 4.79 Å². The van der Waals surface area contributed by atoms with Gasteiger partial charge in [0.25, 0.3) is 0 Å². The molecule has 0 aliphatic heterocycles. The Morgan fingerprint density at radius 1 is 1.00 bits per heavy atom. The molecule has 1 aliphatic carbocycles. The average molecular weight is 402 g/mol. The second-order valence-corrected chi connectivity index (χ2v) is 8.14. The van der Waals surface area contributed by atoms with Crippen LogP contribution in [0.5, 0.6) is 0 Å². The highest BCUT2D eigenvalue weighted by Gasteiger charge is 2.20. The topological polar surface area (TPSA) is 69.6 Å². The number of aliphatic hydroxyl groups excluding tert-OH is 1. The molecule has 0 unspecified atom stereocenters. The van der Waals surface area contributed by atoms with Gasteiger partial charge in [0.15, 0.2) is 0 Å². The van der Waals surface area contributed by atoms with E-state index in [4.69, 9.17) is 5.11 Å². The Bertz CT molecular complexity index is 1030. The molecule has 4 rings (SSSR count). The van der Waals surface area contributed by atoms with Crippen molar-refractivity contribution in [1.82, 2.24) is 5.32 Å². The van der Waals surface area contributed by atoms with E-state index in [2.05, 4.69) is 23.5 Å². The van der Waals surface area contributed by atoms with E-state index in [0.717, 1.165) is 36.0 Å². The molecule has 2 atom stereocenters. The molecule has 4 nitrogen and oxygen atoms in total.